The Morgan fingerprint density at radius 1 is 1.00 bits per heavy atom. The predicted octanol–water partition coefficient (Wildman–Crippen LogP) is 3.70. The molecule has 0 spiro atoms. The standard InChI is InChI=1S/C20H18N4O3S/c1-15-9-11-18(12-10-15)28(25,26)24-20(21-14-17-8-5-13-27-17)22-19(23-24)16-6-3-2-4-7-16/h2-13H,14H2,1H3,(H,21,22,23). The zero-order valence-corrected chi connectivity index (χ0v) is 15.9. The van der Waals surface area contributed by atoms with E-state index in [1.54, 1.807) is 42.7 Å². The van der Waals surface area contributed by atoms with Gasteiger partial charge >= 0.3 is 0 Å². The van der Waals surface area contributed by atoms with Crippen LogP contribution in [0.2, 0.25) is 0 Å². The number of furan rings is 1. The fourth-order valence-electron chi connectivity index (χ4n) is 2.67. The van der Waals surface area contributed by atoms with Crippen molar-refractivity contribution >= 4 is 16.0 Å². The Bertz CT molecular complexity index is 1170. The minimum Gasteiger partial charge on any atom is -0.467 e. The summed E-state index contributed by atoms with van der Waals surface area (Å²) in [6.45, 7) is 2.18. The molecule has 2 aromatic carbocycles. The highest BCUT2D eigenvalue weighted by atomic mass is 32.2. The molecule has 2 aromatic heterocycles. The summed E-state index contributed by atoms with van der Waals surface area (Å²) in [6, 6.07) is 19.4. The third-order valence-electron chi connectivity index (χ3n) is 4.16. The summed E-state index contributed by atoms with van der Waals surface area (Å²) in [5.74, 6) is 1.10. The Kier molecular flexibility index (Phi) is 4.70. The van der Waals surface area contributed by atoms with Gasteiger partial charge in [-0.25, -0.2) is 0 Å². The first kappa shape index (κ1) is 18.0. The van der Waals surface area contributed by atoms with Gasteiger partial charge in [-0.1, -0.05) is 48.0 Å². The summed E-state index contributed by atoms with van der Waals surface area (Å²) >= 11 is 0. The number of rotatable bonds is 6. The molecule has 0 saturated heterocycles. The smallest absolute Gasteiger partial charge is 0.286 e. The first-order chi connectivity index (χ1) is 13.5. The fourth-order valence-corrected chi connectivity index (χ4v) is 3.87. The molecule has 0 aliphatic carbocycles. The van der Waals surface area contributed by atoms with Gasteiger partial charge < -0.3 is 9.73 Å². The minimum absolute atomic E-state index is 0.121. The number of aryl methyl sites for hydroxylation is 1. The average molecular weight is 394 g/mol. The van der Waals surface area contributed by atoms with E-state index in [1.165, 1.54) is 0 Å². The van der Waals surface area contributed by atoms with Crippen LogP contribution in [0.15, 0.2) is 82.3 Å². The summed E-state index contributed by atoms with van der Waals surface area (Å²) in [7, 11) is -3.91. The van der Waals surface area contributed by atoms with Crippen molar-refractivity contribution in [2.45, 2.75) is 18.4 Å². The van der Waals surface area contributed by atoms with E-state index in [2.05, 4.69) is 15.4 Å². The molecule has 0 unspecified atom stereocenters. The molecule has 0 fully saturated rings. The van der Waals surface area contributed by atoms with Crippen LogP contribution in [0, 0.1) is 6.92 Å². The second kappa shape index (κ2) is 7.32. The first-order valence-corrected chi connectivity index (χ1v) is 10.1. The molecular formula is C20H18N4O3S. The zero-order valence-electron chi connectivity index (χ0n) is 15.1. The number of nitrogens with one attached hydrogen (secondary N) is 1. The number of anilines is 1. The van der Waals surface area contributed by atoms with Crippen LogP contribution in [-0.4, -0.2) is 22.6 Å². The number of nitrogens with zero attached hydrogens (tertiary/aromatic N) is 3. The molecule has 0 amide bonds. The quantitative estimate of drug-likeness (QED) is 0.536. The lowest BCUT2D eigenvalue weighted by Gasteiger charge is -2.08. The maximum absolute atomic E-state index is 13.2. The molecule has 0 bridgehead atoms. The minimum atomic E-state index is -3.91. The Morgan fingerprint density at radius 3 is 2.43 bits per heavy atom. The molecule has 4 rings (SSSR count). The van der Waals surface area contributed by atoms with Crippen molar-refractivity contribution in [3.63, 3.8) is 0 Å². The van der Waals surface area contributed by atoms with Crippen molar-refractivity contribution in [3.8, 4) is 11.4 Å². The molecule has 8 heteroatoms. The fraction of sp³-hybridized carbons (Fsp3) is 0.100. The van der Waals surface area contributed by atoms with E-state index < -0.39 is 10.0 Å². The molecule has 0 aliphatic heterocycles. The first-order valence-electron chi connectivity index (χ1n) is 8.65. The molecule has 28 heavy (non-hydrogen) atoms. The van der Waals surface area contributed by atoms with Gasteiger partial charge in [-0.2, -0.15) is 13.4 Å². The summed E-state index contributed by atoms with van der Waals surface area (Å²) in [4.78, 5) is 4.55. The molecule has 2 heterocycles. The summed E-state index contributed by atoms with van der Waals surface area (Å²) in [6.07, 6.45) is 1.56. The van der Waals surface area contributed by atoms with Crippen LogP contribution in [-0.2, 0) is 16.6 Å². The monoisotopic (exact) mass is 394 g/mol. The van der Waals surface area contributed by atoms with Crippen LogP contribution < -0.4 is 5.32 Å². The SMILES string of the molecule is Cc1ccc(S(=O)(=O)n2nc(-c3ccccc3)nc2NCc2ccco2)cc1. The maximum atomic E-state index is 13.2. The third kappa shape index (κ3) is 3.54. The van der Waals surface area contributed by atoms with Gasteiger partial charge in [0.15, 0.2) is 5.82 Å². The van der Waals surface area contributed by atoms with Crippen molar-refractivity contribution < 1.29 is 12.8 Å². The van der Waals surface area contributed by atoms with Crippen molar-refractivity contribution in [1.29, 1.82) is 0 Å². The van der Waals surface area contributed by atoms with Gasteiger partial charge in [-0.05, 0) is 31.2 Å². The van der Waals surface area contributed by atoms with Crippen LogP contribution in [0.1, 0.15) is 11.3 Å². The number of benzene rings is 2. The van der Waals surface area contributed by atoms with Crippen molar-refractivity contribution in [2.24, 2.45) is 0 Å². The van der Waals surface area contributed by atoms with E-state index in [4.69, 9.17) is 4.42 Å². The molecule has 0 atom stereocenters. The van der Waals surface area contributed by atoms with E-state index in [0.717, 1.165) is 15.2 Å². The van der Waals surface area contributed by atoms with E-state index in [0.29, 0.717) is 11.6 Å². The summed E-state index contributed by atoms with van der Waals surface area (Å²) < 4.78 is 32.6. The van der Waals surface area contributed by atoms with Gasteiger partial charge in [0.05, 0.1) is 17.7 Å². The van der Waals surface area contributed by atoms with E-state index in [-0.39, 0.29) is 17.4 Å². The van der Waals surface area contributed by atoms with Crippen LogP contribution >= 0.6 is 0 Å². The van der Waals surface area contributed by atoms with Crippen LogP contribution in [0.25, 0.3) is 11.4 Å². The Hall–Kier alpha value is -3.39. The Balaban J connectivity index is 1.77. The van der Waals surface area contributed by atoms with Crippen molar-refractivity contribution in [3.05, 3.63) is 84.3 Å². The van der Waals surface area contributed by atoms with Gasteiger partial charge in [0.25, 0.3) is 10.0 Å². The molecule has 142 valence electrons. The van der Waals surface area contributed by atoms with Crippen molar-refractivity contribution in [1.82, 2.24) is 14.2 Å². The van der Waals surface area contributed by atoms with Gasteiger partial charge in [0, 0.05) is 5.56 Å². The van der Waals surface area contributed by atoms with Gasteiger partial charge in [0.1, 0.15) is 5.76 Å². The van der Waals surface area contributed by atoms with Crippen molar-refractivity contribution in [2.75, 3.05) is 5.32 Å². The number of hydrogen-bond acceptors (Lipinski definition) is 6. The van der Waals surface area contributed by atoms with E-state index in [9.17, 15) is 8.42 Å². The maximum Gasteiger partial charge on any atom is 0.286 e. The molecule has 7 nitrogen and oxygen atoms in total. The zero-order chi connectivity index (χ0) is 19.6. The highest BCUT2D eigenvalue weighted by Crippen LogP contribution is 2.23. The lowest BCUT2D eigenvalue weighted by Crippen LogP contribution is -2.18. The van der Waals surface area contributed by atoms with Crippen LogP contribution in [0.3, 0.4) is 0 Å². The van der Waals surface area contributed by atoms with E-state index >= 15 is 0 Å². The lowest BCUT2D eigenvalue weighted by molar-refractivity contribution is 0.517. The second-order valence-corrected chi connectivity index (χ2v) is 7.99. The largest absolute Gasteiger partial charge is 0.467 e. The molecule has 0 saturated carbocycles. The molecule has 0 aliphatic rings. The van der Waals surface area contributed by atoms with E-state index in [1.807, 2.05) is 37.3 Å². The highest BCUT2D eigenvalue weighted by molar-refractivity contribution is 7.90. The summed E-state index contributed by atoms with van der Waals surface area (Å²) in [5, 5.41) is 7.28. The Morgan fingerprint density at radius 2 is 1.75 bits per heavy atom. The van der Waals surface area contributed by atoms with Gasteiger partial charge in [-0.15, -0.1) is 9.19 Å². The molecule has 1 N–H and O–H groups in total. The predicted molar refractivity (Wildman–Crippen MR) is 105 cm³/mol. The normalized spacial score (nSPS) is 11.5. The average Bonchev–Trinajstić information content (AvgIpc) is 3.37. The Labute approximate surface area is 162 Å². The van der Waals surface area contributed by atoms with Gasteiger partial charge in [0.2, 0.25) is 5.95 Å². The van der Waals surface area contributed by atoms with Crippen LogP contribution in [0.5, 0.6) is 0 Å². The third-order valence-corrected chi connectivity index (χ3v) is 5.74. The molecule has 0 radical (unpaired) electrons. The second-order valence-electron chi connectivity index (χ2n) is 6.22. The number of hydrogen-bond donors (Lipinski definition) is 1. The lowest BCUT2D eigenvalue weighted by atomic mass is 10.2. The topological polar surface area (TPSA) is 90.0 Å². The molecular weight excluding hydrogens is 376 g/mol. The summed E-state index contributed by atoms with van der Waals surface area (Å²) in [5.41, 5.74) is 1.69. The molecule has 4 aromatic rings. The highest BCUT2D eigenvalue weighted by Gasteiger charge is 2.24. The van der Waals surface area contributed by atoms with Gasteiger partial charge in [-0.3, -0.25) is 0 Å². The van der Waals surface area contributed by atoms with Crippen LogP contribution in [0.4, 0.5) is 5.95 Å². The number of aromatic nitrogens is 3.